The van der Waals surface area contributed by atoms with Crippen LogP contribution in [0.3, 0.4) is 0 Å². The van der Waals surface area contributed by atoms with E-state index in [0.717, 1.165) is 18.7 Å². The summed E-state index contributed by atoms with van der Waals surface area (Å²) < 4.78 is 4.66. The lowest BCUT2D eigenvalue weighted by Crippen LogP contribution is -3.00. The topological polar surface area (TPSA) is 21.7 Å². The van der Waals surface area contributed by atoms with E-state index in [1.165, 1.54) is 17.7 Å². The zero-order chi connectivity index (χ0) is 14.1. The molecule has 2 aromatic heterocycles. The van der Waals surface area contributed by atoms with Crippen molar-refractivity contribution < 1.29 is 21.5 Å². The summed E-state index contributed by atoms with van der Waals surface area (Å²) in [6.45, 7) is 0.836. The van der Waals surface area contributed by atoms with Gasteiger partial charge in [-0.1, -0.05) is 36.4 Å². The molecule has 0 unspecified atom stereocenters. The van der Waals surface area contributed by atoms with Crippen molar-refractivity contribution in [2.45, 2.75) is 25.4 Å². The van der Waals surface area contributed by atoms with Crippen LogP contribution < -0.4 is 21.5 Å². The van der Waals surface area contributed by atoms with Gasteiger partial charge in [0.05, 0.1) is 5.69 Å². The molecule has 0 fully saturated rings. The molecule has 112 valence electrons. The van der Waals surface area contributed by atoms with Crippen LogP contribution >= 0.6 is 0 Å². The van der Waals surface area contributed by atoms with Gasteiger partial charge in [0, 0.05) is 19.0 Å². The van der Waals surface area contributed by atoms with Gasteiger partial charge in [0.25, 0.3) is 0 Å². The molecule has 0 spiro atoms. The molecule has 0 N–H and O–H groups in total. The molecule has 3 aromatic rings. The highest BCUT2D eigenvalue weighted by molar-refractivity contribution is 5.23. The van der Waals surface area contributed by atoms with Crippen molar-refractivity contribution in [3.63, 3.8) is 0 Å². The van der Waals surface area contributed by atoms with Crippen molar-refractivity contribution in [3.8, 4) is 0 Å². The van der Waals surface area contributed by atoms with Crippen molar-refractivity contribution in [2.24, 2.45) is 0 Å². The minimum atomic E-state index is 0. The number of hydrogen-bond acceptors (Lipinski definition) is 1. The van der Waals surface area contributed by atoms with Crippen LogP contribution in [0, 0.1) is 0 Å². The van der Waals surface area contributed by atoms with Crippen LogP contribution in [-0.2, 0) is 13.0 Å². The summed E-state index contributed by atoms with van der Waals surface area (Å²) >= 11 is 0. The van der Waals surface area contributed by atoms with Gasteiger partial charge in [0.1, 0.15) is 24.5 Å². The maximum absolute atomic E-state index is 4.40. The predicted octanol–water partition coefficient (Wildman–Crippen LogP) is -0.241. The van der Waals surface area contributed by atoms with Gasteiger partial charge in [0.2, 0.25) is 6.33 Å². The summed E-state index contributed by atoms with van der Waals surface area (Å²) in [6, 6.07) is 17.3. The fourth-order valence-corrected chi connectivity index (χ4v) is 3.19. The summed E-state index contributed by atoms with van der Waals surface area (Å²) in [4.78, 5) is 4.40. The van der Waals surface area contributed by atoms with Crippen LogP contribution in [0.15, 0.2) is 67.3 Å². The average molecular weight is 356 g/mol. The number of pyridine rings is 1. The minimum Gasteiger partial charge on any atom is -1.00 e. The SMILES string of the molecule is [Br-].c1ccc([C@H]2CCc3c[n+](Cc4ccccn4)cn32)cc1. The lowest BCUT2D eigenvalue weighted by molar-refractivity contribution is -0.688. The van der Waals surface area contributed by atoms with Gasteiger partial charge in [-0.15, -0.1) is 0 Å². The lowest BCUT2D eigenvalue weighted by Gasteiger charge is -2.07. The zero-order valence-electron chi connectivity index (χ0n) is 12.3. The maximum atomic E-state index is 4.40. The molecule has 1 aliphatic rings. The molecule has 1 aromatic carbocycles. The molecule has 22 heavy (non-hydrogen) atoms. The molecule has 4 rings (SSSR count). The van der Waals surface area contributed by atoms with Gasteiger partial charge in [-0.05, 0) is 17.7 Å². The van der Waals surface area contributed by atoms with Crippen molar-refractivity contribution in [1.82, 2.24) is 9.55 Å². The highest BCUT2D eigenvalue weighted by Crippen LogP contribution is 2.30. The molecule has 4 heteroatoms. The third-order valence-corrected chi connectivity index (χ3v) is 4.18. The Labute approximate surface area is 141 Å². The van der Waals surface area contributed by atoms with E-state index in [9.17, 15) is 0 Å². The third-order valence-electron chi connectivity index (χ3n) is 4.18. The molecule has 1 atom stereocenters. The fourth-order valence-electron chi connectivity index (χ4n) is 3.19. The Hall–Kier alpha value is -1.94. The second kappa shape index (κ2) is 6.44. The summed E-state index contributed by atoms with van der Waals surface area (Å²) in [7, 11) is 0. The first-order valence-electron chi connectivity index (χ1n) is 7.45. The van der Waals surface area contributed by atoms with Gasteiger partial charge >= 0.3 is 0 Å². The number of imidazole rings is 1. The first-order chi connectivity index (χ1) is 10.4. The van der Waals surface area contributed by atoms with E-state index in [1.807, 2.05) is 18.3 Å². The number of halogens is 1. The molecule has 0 bridgehead atoms. The first-order valence-corrected chi connectivity index (χ1v) is 7.45. The van der Waals surface area contributed by atoms with Crippen molar-refractivity contribution in [2.75, 3.05) is 0 Å². The number of hydrogen-bond donors (Lipinski definition) is 0. The largest absolute Gasteiger partial charge is 1.00 e. The number of rotatable bonds is 3. The minimum absolute atomic E-state index is 0. The highest BCUT2D eigenvalue weighted by Gasteiger charge is 2.30. The van der Waals surface area contributed by atoms with E-state index in [-0.39, 0.29) is 17.0 Å². The van der Waals surface area contributed by atoms with E-state index in [4.69, 9.17) is 0 Å². The second-order valence-corrected chi connectivity index (χ2v) is 5.60. The van der Waals surface area contributed by atoms with E-state index < -0.39 is 0 Å². The van der Waals surface area contributed by atoms with E-state index in [1.54, 1.807) is 0 Å². The number of nitrogens with zero attached hydrogens (tertiary/aromatic N) is 3. The monoisotopic (exact) mass is 355 g/mol. The van der Waals surface area contributed by atoms with Crippen LogP contribution in [0.25, 0.3) is 0 Å². The highest BCUT2D eigenvalue weighted by atomic mass is 79.9. The molecular formula is C18H18BrN3. The molecule has 3 heterocycles. The standard InChI is InChI=1S/C18H18N3.BrH/c1-2-6-15(7-3-1)18-10-9-17-13-20(14-21(17)18)12-16-8-4-5-11-19-16;/h1-8,11,13-14,18H,9-10,12H2;1H/q+1;/p-1/t18-;/m1./s1. The van der Waals surface area contributed by atoms with Crippen LogP contribution in [-0.4, -0.2) is 9.55 Å². The number of aryl methyl sites for hydroxylation is 1. The Morgan fingerprint density at radius 3 is 2.68 bits per heavy atom. The Balaban J connectivity index is 0.00000144. The summed E-state index contributed by atoms with van der Waals surface area (Å²) in [5.74, 6) is 0. The summed E-state index contributed by atoms with van der Waals surface area (Å²) in [5, 5.41) is 0. The molecule has 0 radical (unpaired) electrons. The Kier molecular flexibility index (Phi) is 4.39. The van der Waals surface area contributed by atoms with Gasteiger partial charge in [-0.3, -0.25) is 4.98 Å². The summed E-state index contributed by atoms with van der Waals surface area (Å²) in [5.41, 5.74) is 3.92. The smallest absolute Gasteiger partial charge is 0.244 e. The quantitative estimate of drug-likeness (QED) is 0.594. The Morgan fingerprint density at radius 2 is 1.91 bits per heavy atom. The molecule has 0 amide bonds. The molecular weight excluding hydrogens is 338 g/mol. The average Bonchev–Trinajstić information content (AvgIpc) is 3.09. The summed E-state index contributed by atoms with van der Waals surface area (Å²) in [6.07, 6.45) is 8.69. The Morgan fingerprint density at radius 1 is 1.09 bits per heavy atom. The second-order valence-electron chi connectivity index (χ2n) is 5.60. The van der Waals surface area contributed by atoms with Gasteiger partial charge < -0.3 is 17.0 Å². The lowest BCUT2D eigenvalue weighted by atomic mass is 10.1. The van der Waals surface area contributed by atoms with E-state index >= 15 is 0 Å². The number of fused-ring (bicyclic) bond motifs is 1. The molecule has 0 aliphatic carbocycles. The Bertz CT molecular complexity index is 738. The fraction of sp³-hybridized carbons (Fsp3) is 0.222. The predicted molar refractivity (Wildman–Crippen MR) is 80.9 cm³/mol. The van der Waals surface area contributed by atoms with Crippen molar-refractivity contribution >= 4 is 0 Å². The van der Waals surface area contributed by atoms with Crippen LogP contribution in [0.1, 0.15) is 29.4 Å². The van der Waals surface area contributed by atoms with Gasteiger partial charge in [-0.2, -0.15) is 0 Å². The molecule has 3 nitrogen and oxygen atoms in total. The zero-order valence-corrected chi connectivity index (χ0v) is 13.9. The van der Waals surface area contributed by atoms with Crippen LogP contribution in [0.2, 0.25) is 0 Å². The normalized spacial score (nSPS) is 16.1. The number of aromatic nitrogens is 3. The number of benzene rings is 1. The first kappa shape index (κ1) is 15.0. The van der Waals surface area contributed by atoms with E-state index in [2.05, 4.69) is 63.0 Å². The molecule has 0 saturated carbocycles. The van der Waals surface area contributed by atoms with Crippen LogP contribution in [0.5, 0.6) is 0 Å². The maximum Gasteiger partial charge on any atom is 0.244 e. The molecule has 1 aliphatic heterocycles. The molecule has 0 saturated heterocycles. The van der Waals surface area contributed by atoms with Crippen LogP contribution in [0.4, 0.5) is 0 Å². The van der Waals surface area contributed by atoms with E-state index in [0.29, 0.717) is 6.04 Å². The van der Waals surface area contributed by atoms with Crippen molar-refractivity contribution in [3.05, 3.63) is 84.2 Å². The van der Waals surface area contributed by atoms with Gasteiger partial charge in [0.15, 0.2) is 0 Å². The van der Waals surface area contributed by atoms with Crippen molar-refractivity contribution in [1.29, 1.82) is 0 Å². The third kappa shape index (κ3) is 2.83. The van der Waals surface area contributed by atoms with Gasteiger partial charge in [-0.25, -0.2) is 9.13 Å².